The minimum absolute atomic E-state index is 0.373. The van der Waals surface area contributed by atoms with E-state index in [0.717, 1.165) is 6.42 Å². The largest absolute Gasteiger partial charge is 0.423 e. The second-order valence-electron chi connectivity index (χ2n) is 3.37. The Labute approximate surface area is 102 Å². The molecular weight excluding hydrogens is 212 g/mol. The van der Waals surface area contributed by atoms with Gasteiger partial charge in [0.1, 0.15) is 5.76 Å². The molecule has 0 fully saturated rings. The maximum Gasteiger partial charge on any atom is 0.343 e. The normalized spacial score (nSPS) is 11.5. The van der Waals surface area contributed by atoms with Crippen molar-refractivity contribution < 1.29 is 9.53 Å². The minimum atomic E-state index is -0.373. The van der Waals surface area contributed by atoms with Crippen LogP contribution in [0.2, 0.25) is 0 Å². The SMILES string of the molecule is C=CC(=CC=CCC)OC(=O)c1ccccc1. The summed E-state index contributed by atoms with van der Waals surface area (Å²) < 4.78 is 5.19. The highest BCUT2D eigenvalue weighted by molar-refractivity contribution is 5.90. The number of rotatable bonds is 5. The maximum absolute atomic E-state index is 11.7. The molecule has 0 aliphatic carbocycles. The molecule has 0 saturated heterocycles. The van der Waals surface area contributed by atoms with Gasteiger partial charge in [0.15, 0.2) is 0 Å². The van der Waals surface area contributed by atoms with Crippen LogP contribution in [0.5, 0.6) is 0 Å². The molecule has 0 amide bonds. The van der Waals surface area contributed by atoms with Gasteiger partial charge in [0, 0.05) is 0 Å². The molecule has 0 aliphatic heterocycles. The van der Waals surface area contributed by atoms with E-state index in [9.17, 15) is 4.79 Å². The van der Waals surface area contributed by atoms with Crippen molar-refractivity contribution in [3.05, 3.63) is 72.5 Å². The Hall–Kier alpha value is -2.09. The van der Waals surface area contributed by atoms with Crippen molar-refractivity contribution in [2.75, 3.05) is 0 Å². The van der Waals surface area contributed by atoms with Gasteiger partial charge >= 0.3 is 5.97 Å². The fourth-order valence-corrected chi connectivity index (χ4v) is 1.18. The molecule has 0 heterocycles. The van der Waals surface area contributed by atoms with Gasteiger partial charge in [0.25, 0.3) is 0 Å². The van der Waals surface area contributed by atoms with Crippen molar-refractivity contribution in [3.63, 3.8) is 0 Å². The molecule has 1 aromatic carbocycles. The monoisotopic (exact) mass is 228 g/mol. The predicted molar refractivity (Wildman–Crippen MR) is 69.6 cm³/mol. The molecule has 0 radical (unpaired) electrons. The standard InChI is InChI=1S/C15H16O2/c1-3-5-7-12-14(4-2)17-15(16)13-10-8-6-9-11-13/h4-12H,2-3H2,1H3. The zero-order chi connectivity index (χ0) is 12.5. The second kappa shape index (κ2) is 7.23. The Morgan fingerprint density at radius 2 is 2.06 bits per heavy atom. The summed E-state index contributed by atoms with van der Waals surface area (Å²) in [5.41, 5.74) is 0.528. The quantitative estimate of drug-likeness (QED) is 0.434. The molecule has 0 aliphatic rings. The molecule has 0 spiro atoms. The highest BCUT2D eigenvalue weighted by Crippen LogP contribution is 2.07. The van der Waals surface area contributed by atoms with Crippen LogP contribution in [0.4, 0.5) is 0 Å². The van der Waals surface area contributed by atoms with Crippen molar-refractivity contribution in [2.45, 2.75) is 13.3 Å². The van der Waals surface area contributed by atoms with Gasteiger partial charge in [-0.1, -0.05) is 43.9 Å². The van der Waals surface area contributed by atoms with Crippen LogP contribution in [-0.2, 0) is 4.74 Å². The van der Waals surface area contributed by atoms with E-state index in [-0.39, 0.29) is 5.97 Å². The van der Waals surface area contributed by atoms with Crippen LogP contribution in [0, 0.1) is 0 Å². The molecule has 2 heteroatoms. The molecule has 0 aromatic heterocycles. The highest BCUT2D eigenvalue weighted by atomic mass is 16.5. The van der Waals surface area contributed by atoms with Gasteiger partial charge in [-0.2, -0.15) is 0 Å². The third kappa shape index (κ3) is 4.51. The van der Waals surface area contributed by atoms with Crippen molar-refractivity contribution in [1.82, 2.24) is 0 Å². The highest BCUT2D eigenvalue weighted by Gasteiger charge is 2.06. The summed E-state index contributed by atoms with van der Waals surface area (Å²) in [7, 11) is 0. The smallest absolute Gasteiger partial charge is 0.343 e. The van der Waals surface area contributed by atoms with Gasteiger partial charge in [-0.05, 0) is 30.7 Å². The first-order valence-electron chi connectivity index (χ1n) is 5.54. The van der Waals surface area contributed by atoms with Crippen LogP contribution in [0.3, 0.4) is 0 Å². The summed E-state index contributed by atoms with van der Waals surface area (Å²) in [6, 6.07) is 8.87. The lowest BCUT2D eigenvalue weighted by Gasteiger charge is -2.03. The van der Waals surface area contributed by atoms with E-state index < -0.39 is 0 Å². The minimum Gasteiger partial charge on any atom is -0.423 e. The van der Waals surface area contributed by atoms with Gasteiger partial charge in [-0.3, -0.25) is 0 Å². The molecule has 0 unspecified atom stereocenters. The van der Waals surface area contributed by atoms with Crippen molar-refractivity contribution in [1.29, 1.82) is 0 Å². The van der Waals surface area contributed by atoms with Crippen molar-refractivity contribution in [3.8, 4) is 0 Å². The van der Waals surface area contributed by atoms with Gasteiger partial charge < -0.3 is 4.74 Å². The lowest BCUT2D eigenvalue weighted by Crippen LogP contribution is -2.03. The van der Waals surface area contributed by atoms with Crippen LogP contribution >= 0.6 is 0 Å². The first-order valence-corrected chi connectivity index (χ1v) is 5.54. The Morgan fingerprint density at radius 3 is 2.65 bits per heavy atom. The molecular formula is C15H16O2. The lowest BCUT2D eigenvalue weighted by molar-refractivity contribution is 0.0637. The fraction of sp³-hybridized carbons (Fsp3) is 0.133. The Balaban J connectivity index is 2.70. The van der Waals surface area contributed by atoms with Crippen LogP contribution in [0.15, 0.2) is 67.0 Å². The number of hydrogen-bond acceptors (Lipinski definition) is 2. The number of hydrogen-bond donors (Lipinski definition) is 0. The van der Waals surface area contributed by atoms with E-state index in [4.69, 9.17) is 4.74 Å². The molecule has 0 bridgehead atoms. The Kier molecular flexibility index (Phi) is 5.52. The second-order valence-corrected chi connectivity index (χ2v) is 3.37. The molecule has 1 rings (SSSR count). The molecule has 0 atom stereocenters. The average Bonchev–Trinajstić information content (AvgIpc) is 2.38. The molecule has 0 saturated carbocycles. The van der Waals surface area contributed by atoms with E-state index >= 15 is 0 Å². The van der Waals surface area contributed by atoms with E-state index in [0.29, 0.717) is 11.3 Å². The number of esters is 1. The van der Waals surface area contributed by atoms with E-state index in [2.05, 4.69) is 6.58 Å². The van der Waals surface area contributed by atoms with Crippen molar-refractivity contribution in [2.24, 2.45) is 0 Å². The molecule has 88 valence electrons. The summed E-state index contributed by atoms with van der Waals surface area (Å²) in [5.74, 6) is 0.0743. The van der Waals surface area contributed by atoms with E-state index in [1.165, 1.54) is 6.08 Å². The number of ether oxygens (including phenoxy) is 1. The van der Waals surface area contributed by atoms with Gasteiger partial charge in [-0.25, -0.2) is 4.79 Å². The summed E-state index contributed by atoms with van der Waals surface area (Å²) in [6.07, 6.45) is 7.99. The van der Waals surface area contributed by atoms with Crippen molar-refractivity contribution >= 4 is 5.97 Å². The molecule has 0 N–H and O–H groups in total. The van der Waals surface area contributed by atoms with Gasteiger partial charge in [0.2, 0.25) is 0 Å². The molecule has 1 aromatic rings. The average molecular weight is 228 g/mol. The topological polar surface area (TPSA) is 26.3 Å². The first-order chi connectivity index (χ1) is 8.27. The summed E-state index contributed by atoms with van der Waals surface area (Å²) in [4.78, 5) is 11.7. The number of allylic oxidation sites excluding steroid dienone is 4. The summed E-state index contributed by atoms with van der Waals surface area (Å²) >= 11 is 0. The van der Waals surface area contributed by atoms with Crippen LogP contribution < -0.4 is 0 Å². The van der Waals surface area contributed by atoms with Crippen LogP contribution in [-0.4, -0.2) is 5.97 Å². The first kappa shape index (κ1) is 13.0. The van der Waals surface area contributed by atoms with Gasteiger partial charge in [-0.15, -0.1) is 0 Å². The Bertz CT molecular complexity index is 427. The molecule has 17 heavy (non-hydrogen) atoms. The predicted octanol–water partition coefficient (Wildman–Crippen LogP) is 3.88. The molecule has 2 nitrogen and oxygen atoms in total. The Morgan fingerprint density at radius 1 is 1.35 bits per heavy atom. The lowest BCUT2D eigenvalue weighted by atomic mass is 10.2. The zero-order valence-electron chi connectivity index (χ0n) is 9.93. The van der Waals surface area contributed by atoms with E-state index in [1.807, 2.05) is 25.1 Å². The van der Waals surface area contributed by atoms with Crippen LogP contribution in [0.25, 0.3) is 0 Å². The number of carbonyl (C=O) groups excluding carboxylic acids is 1. The van der Waals surface area contributed by atoms with E-state index in [1.54, 1.807) is 30.3 Å². The third-order valence-electron chi connectivity index (χ3n) is 2.05. The summed E-state index contributed by atoms with van der Waals surface area (Å²) in [6.45, 7) is 5.64. The number of benzene rings is 1. The summed E-state index contributed by atoms with van der Waals surface area (Å²) in [5, 5.41) is 0. The number of carbonyl (C=O) groups is 1. The fourth-order valence-electron chi connectivity index (χ4n) is 1.18. The third-order valence-corrected chi connectivity index (χ3v) is 2.05. The van der Waals surface area contributed by atoms with Gasteiger partial charge in [0.05, 0.1) is 5.56 Å². The maximum atomic E-state index is 11.7. The zero-order valence-corrected chi connectivity index (χ0v) is 9.93. The van der Waals surface area contributed by atoms with Crippen LogP contribution in [0.1, 0.15) is 23.7 Å².